The van der Waals surface area contributed by atoms with Gasteiger partial charge in [-0.1, -0.05) is 54.7 Å². The highest BCUT2D eigenvalue weighted by molar-refractivity contribution is 7.99. The Balaban J connectivity index is 1.90. The van der Waals surface area contributed by atoms with Crippen LogP contribution in [0.15, 0.2) is 54.6 Å². The molecule has 2 aromatic carbocycles. The summed E-state index contributed by atoms with van der Waals surface area (Å²) >= 11 is 5.29. The van der Waals surface area contributed by atoms with Crippen molar-refractivity contribution in [3.8, 4) is 5.75 Å². The zero-order valence-corrected chi connectivity index (χ0v) is 18.3. The maximum absolute atomic E-state index is 13.2. The lowest BCUT2D eigenvalue weighted by Gasteiger charge is -2.25. The van der Waals surface area contributed by atoms with Gasteiger partial charge in [-0.05, 0) is 30.2 Å². The van der Waals surface area contributed by atoms with Crippen LogP contribution in [-0.4, -0.2) is 30.8 Å². The largest absolute Gasteiger partial charge is 0.497 e. The summed E-state index contributed by atoms with van der Waals surface area (Å²) in [5, 5.41) is 5.49. The molecule has 0 bridgehead atoms. The SMILES string of the molecule is COc1ccc(CNC(=S)P(=O)(OC)C(C)NC(=O)OCc2ccccc2)cc1. The predicted molar refractivity (Wildman–Crippen MR) is 116 cm³/mol. The summed E-state index contributed by atoms with van der Waals surface area (Å²) in [6, 6.07) is 16.6. The monoisotopic (exact) mass is 436 g/mol. The second kappa shape index (κ2) is 11.0. The van der Waals surface area contributed by atoms with E-state index in [1.165, 1.54) is 7.11 Å². The van der Waals surface area contributed by atoms with Crippen LogP contribution in [0.1, 0.15) is 18.1 Å². The van der Waals surface area contributed by atoms with Crippen molar-refractivity contribution in [2.75, 3.05) is 14.2 Å². The number of methoxy groups -OCH3 is 1. The van der Waals surface area contributed by atoms with E-state index in [1.54, 1.807) is 14.0 Å². The highest BCUT2D eigenvalue weighted by Gasteiger charge is 2.36. The first-order valence-corrected chi connectivity index (χ1v) is 11.0. The maximum atomic E-state index is 13.2. The molecule has 0 aromatic heterocycles. The van der Waals surface area contributed by atoms with Gasteiger partial charge in [0, 0.05) is 13.7 Å². The van der Waals surface area contributed by atoms with E-state index in [0.717, 1.165) is 16.9 Å². The van der Waals surface area contributed by atoms with Gasteiger partial charge in [-0.25, -0.2) is 4.79 Å². The fourth-order valence-electron chi connectivity index (χ4n) is 2.47. The minimum Gasteiger partial charge on any atom is -0.497 e. The molecule has 2 aromatic rings. The molecule has 9 heteroatoms. The van der Waals surface area contributed by atoms with Gasteiger partial charge in [0.25, 0.3) is 7.37 Å². The van der Waals surface area contributed by atoms with E-state index in [0.29, 0.717) is 6.54 Å². The van der Waals surface area contributed by atoms with Gasteiger partial charge in [0.15, 0.2) is 4.73 Å². The third kappa shape index (κ3) is 6.56. The van der Waals surface area contributed by atoms with Crippen LogP contribution in [0.2, 0.25) is 0 Å². The molecule has 1 amide bonds. The zero-order chi connectivity index (χ0) is 21.3. The van der Waals surface area contributed by atoms with Gasteiger partial charge in [0.05, 0.1) is 7.11 Å². The Morgan fingerprint density at radius 2 is 1.72 bits per heavy atom. The van der Waals surface area contributed by atoms with Crippen LogP contribution in [-0.2, 0) is 27.0 Å². The Kier molecular flexibility index (Phi) is 8.64. The van der Waals surface area contributed by atoms with E-state index >= 15 is 0 Å². The molecule has 156 valence electrons. The van der Waals surface area contributed by atoms with Gasteiger partial charge in [0.2, 0.25) is 0 Å². The molecule has 0 radical (unpaired) electrons. The van der Waals surface area contributed by atoms with E-state index in [4.69, 9.17) is 26.2 Å². The summed E-state index contributed by atoms with van der Waals surface area (Å²) in [6.07, 6.45) is -0.698. The third-order valence-electron chi connectivity index (χ3n) is 4.21. The Labute approximate surface area is 176 Å². The first-order chi connectivity index (χ1) is 13.9. The number of hydrogen-bond acceptors (Lipinski definition) is 6. The fraction of sp³-hybridized carbons (Fsp3) is 0.300. The Morgan fingerprint density at radius 1 is 1.07 bits per heavy atom. The molecule has 29 heavy (non-hydrogen) atoms. The quantitative estimate of drug-likeness (QED) is 0.449. The van der Waals surface area contributed by atoms with Crippen LogP contribution >= 0.6 is 19.6 Å². The predicted octanol–water partition coefficient (Wildman–Crippen LogP) is 4.27. The van der Waals surface area contributed by atoms with Crippen molar-refractivity contribution in [2.45, 2.75) is 25.9 Å². The van der Waals surface area contributed by atoms with Crippen molar-refractivity contribution < 1.29 is 23.4 Å². The van der Waals surface area contributed by atoms with Crippen LogP contribution < -0.4 is 15.4 Å². The lowest BCUT2D eigenvalue weighted by molar-refractivity contribution is 0.138. The minimum atomic E-state index is -3.50. The van der Waals surface area contributed by atoms with Crippen molar-refractivity contribution in [2.24, 2.45) is 0 Å². The Hall–Kier alpha value is -2.41. The van der Waals surface area contributed by atoms with Gasteiger partial charge >= 0.3 is 6.09 Å². The molecule has 0 aliphatic carbocycles. The second-order valence-electron chi connectivity index (χ2n) is 6.17. The normalized spacial score (nSPS) is 13.6. The van der Waals surface area contributed by atoms with Crippen molar-refractivity contribution in [3.05, 3.63) is 65.7 Å². The van der Waals surface area contributed by atoms with Crippen LogP contribution in [0, 0.1) is 0 Å². The van der Waals surface area contributed by atoms with E-state index in [1.807, 2.05) is 54.6 Å². The molecular formula is C20H25N2O5PS. The molecule has 2 unspecified atom stereocenters. The van der Waals surface area contributed by atoms with Gasteiger partial charge < -0.3 is 24.6 Å². The van der Waals surface area contributed by atoms with Gasteiger partial charge in [-0.2, -0.15) is 0 Å². The molecule has 2 rings (SSSR count). The molecule has 7 nitrogen and oxygen atoms in total. The lowest BCUT2D eigenvalue weighted by atomic mass is 10.2. The molecule has 2 N–H and O–H groups in total. The highest BCUT2D eigenvalue weighted by atomic mass is 32.1. The van der Waals surface area contributed by atoms with E-state index < -0.39 is 19.2 Å². The number of amides is 1. The molecule has 0 aliphatic rings. The molecule has 0 aliphatic heterocycles. The van der Waals surface area contributed by atoms with E-state index in [2.05, 4.69) is 10.6 Å². The van der Waals surface area contributed by atoms with Crippen molar-refractivity contribution in [3.63, 3.8) is 0 Å². The molecule has 0 fully saturated rings. The summed E-state index contributed by atoms with van der Waals surface area (Å²) in [5.74, 6) is -0.114. The lowest BCUT2D eigenvalue weighted by Crippen LogP contribution is -2.37. The fourth-order valence-corrected chi connectivity index (χ4v) is 4.65. The highest BCUT2D eigenvalue weighted by Crippen LogP contribution is 2.50. The summed E-state index contributed by atoms with van der Waals surface area (Å²) in [6.45, 7) is 2.04. The van der Waals surface area contributed by atoms with Crippen molar-refractivity contribution in [1.29, 1.82) is 0 Å². The average Bonchev–Trinajstić information content (AvgIpc) is 2.76. The van der Waals surface area contributed by atoms with E-state index in [9.17, 15) is 9.36 Å². The summed E-state index contributed by atoms with van der Waals surface area (Å²) in [7, 11) is -0.605. The van der Waals surface area contributed by atoms with Crippen molar-refractivity contribution in [1.82, 2.24) is 10.6 Å². The molecule has 0 saturated carbocycles. The average molecular weight is 436 g/mol. The smallest absolute Gasteiger partial charge is 0.408 e. The van der Waals surface area contributed by atoms with Gasteiger partial charge in [0.1, 0.15) is 18.1 Å². The molecule has 0 spiro atoms. The number of thiocarbonyl (C=S) groups is 1. The molecular weight excluding hydrogens is 411 g/mol. The van der Waals surface area contributed by atoms with Gasteiger partial charge in [-0.3, -0.25) is 4.57 Å². The number of benzene rings is 2. The number of nitrogens with one attached hydrogen (secondary N) is 2. The topological polar surface area (TPSA) is 85.9 Å². The first kappa shape index (κ1) is 22.9. The number of alkyl carbamates (subject to hydrolysis) is 1. The first-order valence-electron chi connectivity index (χ1n) is 8.93. The summed E-state index contributed by atoms with van der Waals surface area (Å²) in [5.41, 5.74) is 1.78. The molecule has 0 saturated heterocycles. The van der Waals surface area contributed by atoms with Crippen LogP contribution in [0.3, 0.4) is 0 Å². The van der Waals surface area contributed by atoms with Gasteiger partial charge in [-0.15, -0.1) is 0 Å². The van der Waals surface area contributed by atoms with Crippen LogP contribution in [0.25, 0.3) is 0 Å². The number of ether oxygens (including phenoxy) is 2. The summed E-state index contributed by atoms with van der Waals surface area (Å²) in [4.78, 5) is 12.1. The number of carbonyl (C=O) groups excluding carboxylic acids is 1. The third-order valence-corrected chi connectivity index (χ3v) is 7.53. The molecule has 2 atom stereocenters. The van der Waals surface area contributed by atoms with E-state index in [-0.39, 0.29) is 11.3 Å². The number of rotatable bonds is 9. The Bertz CT molecular complexity index is 861. The number of hydrogen-bond donors (Lipinski definition) is 2. The second-order valence-corrected chi connectivity index (χ2v) is 9.66. The molecule has 0 heterocycles. The standard InChI is InChI=1S/C20H25N2O5PS/c1-15(22-19(23)27-14-17-7-5-4-6-8-17)28(24,26-3)20(29)21-13-16-9-11-18(25-2)12-10-16/h4-12,15H,13-14H2,1-3H3,(H,21,29)(H,22,23). The van der Waals surface area contributed by atoms with Crippen molar-refractivity contribution >= 4 is 30.4 Å². The minimum absolute atomic E-state index is 0.0478. The van der Waals surface area contributed by atoms with Crippen LogP contribution in [0.4, 0.5) is 4.79 Å². The summed E-state index contributed by atoms with van der Waals surface area (Å²) < 4.78 is 28.7. The number of carbonyl (C=O) groups is 1. The zero-order valence-electron chi connectivity index (χ0n) is 16.6. The van der Waals surface area contributed by atoms with Crippen LogP contribution in [0.5, 0.6) is 5.75 Å². The maximum Gasteiger partial charge on any atom is 0.408 e. The Morgan fingerprint density at radius 3 is 2.31 bits per heavy atom.